The molecule has 0 spiro atoms. The number of hydrogen-bond donors (Lipinski definition) is 2. The number of nitrogens with two attached hydrogens (primary N) is 1. The topological polar surface area (TPSA) is 85.2 Å². The van der Waals surface area contributed by atoms with E-state index in [0.717, 1.165) is 13.2 Å². The third-order valence-corrected chi connectivity index (χ3v) is 2.00. The first-order valence-electron chi connectivity index (χ1n) is 4.33. The Kier molecular flexibility index (Phi) is 3.73. The van der Waals surface area contributed by atoms with Gasteiger partial charge in [-0.15, -0.1) is 0 Å². The van der Waals surface area contributed by atoms with Crippen LogP contribution in [0.4, 0.5) is 8.78 Å². The lowest BCUT2D eigenvalue weighted by molar-refractivity contribution is 0.0598. The number of aromatic amines is 1. The number of H-pyrrole nitrogens is 1. The fourth-order valence-electron chi connectivity index (χ4n) is 1.22. The Labute approximate surface area is 89.2 Å². The monoisotopic (exact) mass is 232 g/mol. The highest BCUT2D eigenvalue weighted by atomic mass is 19.3. The van der Waals surface area contributed by atoms with E-state index < -0.39 is 23.6 Å². The van der Waals surface area contributed by atoms with E-state index in [2.05, 4.69) is 4.74 Å². The van der Waals surface area contributed by atoms with Gasteiger partial charge in [0.1, 0.15) is 0 Å². The highest BCUT2D eigenvalue weighted by Gasteiger charge is 2.19. The molecule has 88 valence electrons. The molecule has 0 aliphatic heterocycles. The quantitative estimate of drug-likeness (QED) is 0.745. The summed E-state index contributed by atoms with van der Waals surface area (Å²) in [7, 11) is 1.09. The van der Waals surface area contributed by atoms with Crippen LogP contribution < -0.4 is 11.3 Å². The smallest absolute Gasteiger partial charge is 0.338 e. The van der Waals surface area contributed by atoms with Crippen molar-refractivity contribution in [2.24, 2.45) is 5.73 Å². The van der Waals surface area contributed by atoms with Crippen LogP contribution in [0.5, 0.6) is 0 Å². The van der Waals surface area contributed by atoms with Crippen LogP contribution in [0.1, 0.15) is 28.0 Å². The van der Waals surface area contributed by atoms with Crippen molar-refractivity contribution in [1.29, 1.82) is 0 Å². The van der Waals surface area contributed by atoms with E-state index in [-0.39, 0.29) is 17.7 Å². The maximum Gasteiger partial charge on any atom is 0.338 e. The Morgan fingerprint density at radius 2 is 2.25 bits per heavy atom. The number of ether oxygens (including phenoxy) is 1. The zero-order chi connectivity index (χ0) is 12.3. The third-order valence-electron chi connectivity index (χ3n) is 2.00. The number of alkyl halides is 2. The summed E-state index contributed by atoms with van der Waals surface area (Å²) in [5.41, 5.74) is 3.51. The Bertz CT molecular complexity index is 457. The van der Waals surface area contributed by atoms with Crippen molar-refractivity contribution in [3.8, 4) is 0 Å². The summed E-state index contributed by atoms with van der Waals surface area (Å²) in [4.78, 5) is 24.5. The number of nitrogens with one attached hydrogen (secondary N) is 1. The summed E-state index contributed by atoms with van der Waals surface area (Å²) in [6.07, 6.45) is -2.87. The Hall–Kier alpha value is -1.76. The van der Waals surface area contributed by atoms with Gasteiger partial charge in [0.25, 0.3) is 12.0 Å². The van der Waals surface area contributed by atoms with Gasteiger partial charge < -0.3 is 15.5 Å². The number of carbonyl (C=O) groups excluding carboxylic acids is 1. The van der Waals surface area contributed by atoms with Crippen LogP contribution in [0, 0.1) is 0 Å². The van der Waals surface area contributed by atoms with E-state index in [1.54, 1.807) is 0 Å². The van der Waals surface area contributed by atoms with Gasteiger partial charge in [0.2, 0.25) is 0 Å². The minimum Gasteiger partial charge on any atom is -0.465 e. The summed E-state index contributed by atoms with van der Waals surface area (Å²) in [6, 6.07) is 0.875. The van der Waals surface area contributed by atoms with Gasteiger partial charge in [0.05, 0.1) is 18.4 Å². The van der Waals surface area contributed by atoms with Gasteiger partial charge in [-0.25, -0.2) is 13.6 Å². The summed E-state index contributed by atoms with van der Waals surface area (Å²) >= 11 is 0. The molecule has 0 fully saturated rings. The van der Waals surface area contributed by atoms with E-state index in [9.17, 15) is 18.4 Å². The van der Waals surface area contributed by atoms with Crippen LogP contribution in [-0.4, -0.2) is 18.1 Å². The molecule has 0 saturated carbocycles. The number of methoxy groups -OCH3 is 1. The first-order valence-corrected chi connectivity index (χ1v) is 4.33. The van der Waals surface area contributed by atoms with Crippen LogP contribution in [0.15, 0.2) is 10.9 Å². The van der Waals surface area contributed by atoms with Gasteiger partial charge in [-0.05, 0) is 6.07 Å². The lowest BCUT2D eigenvalue weighted by Crippen LogP contribution is -2.23. The molecule has 1 aromatic heterocycles. The maximum atomic E-state index is 12.4. The molecule has 0 atom stereocenters. The molecule has 0 unspecified atom stereocenters. The van der Waals surface area contributed by atoms with Crippen molar-refractivity contribution in [3.05, 3.63) is 33.2 Å². The number of hydrogen-bond acceptors (Lipinski definition) is 4. The fraction of sp³-hybridized carbons (Fsp3) is 0.333. The molecule has 5 nitrogen and oxygen atoms in total. The number of esters is 1. The van der Waals surface area contributed by atoms with Gasteiger partial charge in [-0.3, -0.25) is 4.79 Å². The summed E-state index contributed by atoms with van der Waals surface area (Å²) in [5, 5.41) is 0. The summed E-state index contributed by atoms with van der Waals surface area (Å²) in [5.74, 6) is -0.867. The van der Waals surface area contributed by atoms with Gasteiger partial charge in [0.15, 0.2) is 0 Å². The Balaban J connectivity index is 3.43. The molecule has 0 saturated heterocycles. The number of halogens is 2. The first-order chi connectivity index (χ1) is 7.51. The zero-order valence-corrected chi connectivity index (χ0v) is 8.42. The standard InChI is InChI=1S/C9H10F2N2O3/c1-16-9(15)4-2-6(7(10)11)13-8(14)5(4)3-12/h2,7H,3,12H2,1H3,(H,13,14). The van der Waals surface area contributed by atoms with E-state index >= 15 is 0 Å². The summed E-state index contributed by atoms with van der Waals surface area (Å²) < 4.78 is 29.1. The van der Waals surface area contributed by atoms with Crippen molar-refractivity contribution in [2.45, 2.75) is 13.0 Å². The molecular weight excluding hydrogens is 222 g/mol. The normalized spacial score (nSPS) is 10.6. The van der Waals surface area contributed by atoms with Crippen molar-refractivity contribution in [2.75, 3.05) is 7.11 Å². The van der Waals surface area contributed by atoms with Gasteiger partial charge in [0, 0.05) is 12.1 Å². The predicted molar refractivity (Wildman–Crippen MR) is 51.3 cm³/mol. The minimum atomic E-state index is -2.87. The van der Waals surface area contributed by atoms with Crippen LogP contribution in [0.25, 0.3) is 0 Å². The second kappa shape index (κ2) is 4.84. The number of pyridine rings is 1. The van der Waals surface area contributed by atoms with E-state index in [1.807, 2.05) is 4.98 Å². The molecule has 0 amide bonds. The lowest BCUT2D eigenvalue weighted by atomic mass is 10.1. The zero-order valence-electron chi connectivity index (χ0n) is 8.42. The molecule has 1 rings (SSSR count). The maximum absolute atomic E-state index is 12.4. The number of aromatic nitrogens is 1. The largest absolute Gasteiger partial charge is 0.465 e. The second-order valence-electron chi connectivity index (χ2n) is 2.94. The molecular formula is C9H10F2N2O3. The Morgan fingerprint density at radius 3 is 2.69 bits per heavy atom. The predicted octanol–water partition coefficient (Wildman–Crippen LogP) is 0.558. The van der Waals surface area contributed by atoms with Crippen LogP contribution in [0.2, 0.25) is 0 Å². The molecule has 1 aromatic rings. The average molecular weight is 232 g/mol. The number of carbonyl (C=O) groups is 1. The van der Waals surface area contributed by atoms with Gasteiger partial charge in [-0.1, -0.05) is 0 Å². The molecule has 1 heterocycles. The molecule has 0 bridgehead atoms. The third kappa shape index (κ3) is 2.25. The Morgan fingerprint density at radius 1 is 1.62 bits per heavy atom. The fourth-order valence-corrected chi connectivity index (χ4v) is 1.22. The van der Waals surface area contributed by atoms with Gasteiger partial charge >= 0.3 is 5.97 Å². The van der Waals surface area contributed by atoms with Crippen molar-refractivity contribution >= 4 is 5.97 Å². The van der Waals surface area contributed by atoms with Crippen LogP contribution >= 0.6 is 0 Å². The van der Waals surface area contributed by atoms with Crippen molar-refractivity contribution in [3.63, 3.8) is 0 Å². The molecule has 7 heteroatoms. The molecule has 3 N–H and O–H groups in total. The highest BCUT2D eigenvalue weighted by Crippen LogP contribution is 2.17. The minimum absolute atomic E-state index is 0.0729. The first kappa shape index (κ1) is 12.3. The van der Waals surface area contributed by atoms with Gasteiger partial charge in [-0.2, -0.15) is 0 Å². The van der Waals surface area contributed by atoms with Crippen molar-refractivity contribution in [1.82, 2.24) is 4.98 Å². The highest BCUT2D eigenvalue weighted by molar-refractivity contribution is 5.91. The van der Waals surface area contributed by atoms with E-state index in [1.165, 1.54) is 0 Å². The molecule has 0 aromatic carbocycles. The van der Waals surface area contributed by atoms with Crippen LogP contribution in [0.3, 0.4) is 0 Å². The van der Waals surface area contributed by atoms with Crippen LogP contribution in [-0.2, 0) is 11.3 Å². The lowest BCUT2D eigenvalue weighted by Gasteiger charge is -2.07. The average Bonchev–Trinajstić information content (AvgIpc) is 2.26. The molecule has 0 radical (unpaired) electrons. The van der Waals surface area contributed by atoms with E-state index in [4.69, 9.17) is 5.73 Å². The summed E-state index contributed by atoms with van der Waals surface area (Å²) in [6.45, 7) is -0.233. The SMILES string of the molecule is COC(=O)c1cc(C(F)F)[nH]c(=O)c1CN. The number of rotatable bonds is 3. The van der Waals surface area contributed by atoms with Crippen molar-refractivity contribution < 1.29 is 18.3 Å². The second-order valence-corrected chi connectivity index (χ2v) is 2.94. The molecule has 0 aliphatic carbocycles. The molecule has 0 aliphatic rings. The van der Waals surface area contributed by atoms with E-state index in [0.29, 0.717) is 0 Å². The molecule has 16 heavy (non-hydrogen) atoms.